The van der Waals surface area contributed by atoms with Crippen molar-refractivity contribution in [2.75, 3.05) is 57.5 Å². The van der Waals surface area contributed by atoms with Gasteiger partial charge in [0.1, 0.15) is 17.4 Å². The van der Waals surface area contributed by atoms with Gasteiger partial charge in [0.05, 0.1) is 28.7 Å². The molecule has 3 heterocycles. The zero-order chi connectivity index (χ0) is 32.1. The monoisotopic (exact) mass is 639 g/mol. The number of aromatic nitrogens is 4. The van der Waals surface area contributed by atoms with Gasteiger partial charge in [0.2, 0.25) is 5.91 Å². The Kier molecular flexibility index (Phi) is 9.84. The fourth-order valence-electron chi connectivity index (χ4n) is 5.78. The normalized spacial score (nSPS) is 14.3. The summed E-state index contributed by atoms with van der Waals surface area (Å²) in [7, 11) is 2.18. The zero-order valence-corrected chi connectivity index (χ0v) is 28.2. The highest BCUT2D eigenvalue weighted by atomic mass is 32.2. The van der Waals surface area contributed by atoms with Crippen LogP contribution in [0.3, 0.4) is 0 Å². The van der Waals surface area contributed by atoms with Gasteiger partial charge in [-0.05, 0) is 81.1 Å². The van der Waals surface area contributed by atoms with Gasteiger partial charge in [0, 0.05) is 60.7 Å². The molecular weight excluding hydrogens is 595 g/mol. The maximum Gasteiger partial charge on any atom is 0.220 e. The minimum atomic E-state index is 0.0824. The van der Waals surface area contributed by atoms with Crippen molar-refractivity contribution in [1.82, 2.24) is 30.2 Å². The molecular formula is C36H45N7O2S. The summed E-state index contributed by atoms with van der Waals surface area (Å²) in [6, 6.07) is 20.6. The number of H-pyrrole nitrogens is 2. The number of likely N-dealkylation sites (N-methyl/N-ethyl adjacent to an activating group) is 1. The Hall–Kier alpha value is -4.02. The van der Waals surface area contributed by atoms with E-state index in [0.29, 0.717) is 19.4 Å². The molecule has 2 aromatic heterocycles. The number of fused-ring (bicyclic) bond motifs is 2. The van der Waals surface area contributed by atoms with Crippen LogP contribution in [0.2, 0.25) is 0 Å². The molecule has 3 aromatic carbocycles. The van der Waals surface area contributed by atoms with Gasteiger partial charge in [-0.15, -0.1) is 0 Å². The average molecular weight is 640 g/mol. The van der Waals surface area contributed by atoms with Crippen molar-refractivity contribution in [3.63, 3.8) is 0 Å². The Morgan fingerprint density at radius 3 is 2.35 bits per heavy atom. The molecule has 1 fully saturated rings. The van der Waals surface area contributed by atoms with Crippen molar-refractivity contribution in [2.45, 2.75) is 44.3 Å². The summed E-state index contributed by atoms with van der Waals surface area (Å²) in [4.78, 5) is 33.8. The van der Waals surface area contributed by atoms with E-state index >= 15 is 0 Å². The van der Waals surface area contributed by atoms with Crippen LogP contribution in [0.4, 0.5) is 5.69 Å². The van der Waals surface area contributed by atoms with Gasteiger partial charge in [0.15, 0.2) is 0 Å². The fourth-order valence-corrected chi connectivity index (χ4v) is 6.13. The summed E-state index contributed by atoms with van der Waals surface area (Å²) in [6.07, 6.45) is 5.33. The van der Waals surface area contributed by atoms with Gasteiger partial charge >= 0.3 is 0 Å². The second-order valence-electron chi connectivity index (χ2n) is 12.8. The molecule has 0 unspecified atom stereocenters. The molecule has 1 aliphatic rings. The lowest BCUT2D eigenvalue weighted by Crippen LogP contribution is -2.44. The summed E-state index contributed by atoms with van der Waals surface area (Å²) in [5.74, 6) is 2.46. The number of imidazole rings is 2. The number of carbonyl (C=O) groups excluding carboxylic acids is 1. The molecule has 46 heavy (non-hydrogen) atoms. The number of hydrogen-bond donors (Lipinski definition) is 3. The molecule has 3 N–H and O–H groups in total. The average Bonchev–Trinajstić information content (AvgIpc) is 3.69. The van der Waals surface area contributed by atoms with E-state index in [1.54, 1.807) is 0 Å². The summed E-state index contributed by atoms with van der Waals surface area (Å²) >= 11 is 1.86. The Balaban J connectivity index is 1.05. The molecule has 1 aliphatic heterocycles. The van der Waals surface area contributed by atoms with Crippen LogP contribution >= 0.6 is 11.8 Å². The van der Waals surface area contributed by atoms with Crippen LogP contribution in [0.5, 0.6) is 5.75 Å². The van der Waals surface area contributed by atoms with Crippen molar-refractivity contribution in [2.24, 2.45) is 0 Å². The predicted molar refractivity (Wildman–Crippen MR) is 191 cm³/mol. The van der Waals surface area contributed by atoms with E-state index in [-0.39, 0.29) is 10.7 Å². The van der Waals surface area contributed by atoms with Crippen LogP contribution < -0.4 is 15.0 Å². The number of rotatable bonds is 13. The Morgan fingerprint density at radius 2 is 1.61 bits per heavy atom. The van der Waals surface area contributed by atoms with Gasteiger partial charge < -0.3 is 29.8 Å². The smallest absolute Gasteiger partial charge is 0.220 e. The van der Waals surface area contributed by atoms with Crippen molar-refractivity contribution >= 4 is 45.4 Å². The first-order valence-electron chi connectivity index (χ1n) is 16.2. The highest BCUT2D eigenvalue weighted by Crippen LogP contribution is 2.29. The SMILES string of the molecule is CSC(C)(C)CCCNC(=O)CCCOc1cccc(-c2nc3ccc(-c4nc5ccc(N6CCN(C)CC6)cc5[nH]4)cc3[nH]2)c1. The molecule has 5 aromatic rings. The lowest BCUT2D eigenvalue weighted by molar-refractivity contribution is -0.121. The summed E-state index contributed by atoms with van der Waals surface area (Å²) in [5.41, 5.74) is 7.02. The molecule has 0 saturated carbocycles. The number of benzene rings is 3. The first-order valence-corrected chi connectivity index (χ1v) is 17.5. The number of thioether (sulfide) groups is 1. The van der Waals surface area contributed by atoms with E-state index in [2.05, 4.69) is 82.6 Å². The number of hydrogen-bond acceptors (Lipinski definition) is 7. The maximum atomic E-state index is 12.2. The third kappa shape index (κ3) is 7.85. The van der Waals surface area contributed by atoms with Crippen LogP contribution in [0.15, 0.2) is 60.7 Å². The summed E-state index contributed by atoms with van der Waals surface area (Å²) in [5, 5.41) is 3.03. The van der Waals surface area contributed by atoms with Gasteiger partial charge in [-0.2, -0.15) is 11.8 Å². The number of piperazine rings is 1. The third-order valence-electron chi connectivity index (χ3n) is 8.84. The lowest BCUT2D eigenvalue weighted by Gasteiger charge is -2.34. The van der Waals surface area contributed by atoms with Crippen molar-refractivity contribution in [3.8, 4) is 28.5 Å². The minimum Gasteiger partial charge on any atom is -0.494 e. The van der Waals surface area contributed by atoms with Crippen LogP contribution in [0.25, 0.3) is 44.8 Å². The standard InChI is InChI=1S/C36H45N7O2S/c1-36(2,46-4)15-7-16-37-33(44)10-6-21-45-28-9-5-8-25(22-28)34-38-29-13-11-26(23-31(29)40-34)35-39-30-14-12-27(24-32(30)41-35)43-19-17-42(3)18-20-43/h5,8-9,11-14,22-24H,6-7,10,15-21H2,1-4H3,(H,37,44)(H,38,40)(H,39,41). The maximum absolute atomic E-state index is 12.2. The van der Waals surface area contributed by atoms with E-state index in [1.807, 2.05) is 42.1 Å². The third-order valence-corrected chi connectivity index (χ3v) is 10.2. The van der Waals surface area contributed by atoms with Crippen molar-refractivity contribution in [3.05, 3.63) is 60.7 Å². The van der Waals surface area contributed by atoms with E-state index < -0.39 is 0 Å². The second-order valence-corrected chi connectivity index (χ2v) is 14.3. The topological polar surface area (TPSA) is 102 Å². The quantitative estimate of drug-likeness (QED) is 0.123. The number of nitrogens with zero attached hydrogens (tertiary/aromatic N) is 4. The van der Waals surface area contributed by atoms with E-state index in [9.17, 15) is 4.79 Å². The van der Waals surface area contributed by atoms with Gasteiger partial charge in [-0.25, -0.2) is 9.97 Å². The van der Waals surface area contributed by atoms with E-state index in [1.165, 1.54) is 5.69 Å². The van der Waals surface area contributed by atoms with Gasteiger partial charge in [0.25, 0.3) is 0 Å². The van der Waals surface area contributed by atoms with Gasteiger partial charge in [-0.3, -0.25) is 4.79 Å². The number of nitrogens with one attached hydrogen (secondary N) is 3. The molecule has 242 valence electrons. The molecule has 0 aliphatic carbocycles. The van der Waals surface area contributed by atoms with Crippen LogP contribution in [-0.4, -0.2) is 88.1 Å². The Morgan fingerprint density at radius 1 is 0.913 bits per heavy atom. The zero-order valence-electron chi connectivity index (χ0n) is 27.4. The molecule has 6 rings (SSSR count). The van der Waals surface area contributed by atoms with E-state index in [0.717, 1.165) is 96.2 Å². The minimum absolute atomic E-state index is 0.0824. The molecule has 0 atom stereocenters. The van der Waals surface area contributed by atoms with E-state index in [4.69, 9.17) is 14.7 Å². The molecule has 10 heteroatoms. The molecule has 0 bridgehead atoms. The number of aromatic amines is 2. The first-order chi connectivity index (χ1) is 22.3. The molecule has 9 nitrogen and oxygen atoms in total. The number of anilines is 1. The van der Waals surface area contributed by atoms with Crippen LogP contribution in [0.1, 0.15) is 39.5 Å². The highest BCUT2D eigenvalue weighted by molar-refractivity contribution is 7.99. The molecule has 1 amide bonds. The predicted octanol–water partition coefficient (Wildman–Crippen LogP) is 6.72. The van der Waals surface area contributed by atoms with Crippen LogP contribution in [0, 0.1) is 0 Å². The summed E-state index contributed by atoms with van der Waals surface area (Å²) in [6.45, 7) is 9.91. The lowest BCUT2D eigenvalue weighted by atomic mass is 10.1. The summed E-state index contributed by atoms with van der Waals surface area (Å²) < 4.78 is 6.25. The Labute approximate surface area is 275 Å². The fraction of sp³-hybridized carbons (Fsp3) is 0.417. The first kappa shape index (κ1) is 31.9. The Bertz CT molecular complexity index is 1790. The molecule has 0 radical (unpaired) electrons. The number of ether oxygens (including phenoxy) is 1. The van der Waals surface area contributed by atoms with Crippen molar-refractivity contribution in [1.29, 1.82) is 0 Å². The molecule has 0 spiro atoms. The van der Waals surface area contributed by atoms with Crippen LogP contribution in [-0.2, 0) is 4.79 Å². The van der Waals surface area contributed by atoms with Gasteiger partial charge in [-0.1, -0.05) is 26.0 Å². The number of amides is 1. The largest absolute Gasteiger partial charge is 0.494 e. The highest BCUT2D eigenvalue weighted by Gasteiger charge is 2.17. The second kappa shape index (κ2) is 14.2. The van der Waals surface area contributed by atoms with Crippen molar-refractivity contribution < 1.29 is 9.53 Å². The molecule has 1 saturated heterocycles. The number of carbonyl (C=O) groups is 1.